The molecule has 30 heavy (non-hydrogen) atoms. The van der Waals surface area contributed by atoms with Crippen molar-refractivity contribution in [1.29, 1.82) is 0 Å². The van der Waals surface area contributed by atoms with Gasteiger partial charge in [0.25, 0.3) is 5.91 Å². The molecule has 0 radical (unpaired) electrons. The number of carbonyl (C=O) groups is 2. The molecular weight excluding hydrogens is 442 g/mol. The standard InChI is InChI=1S/C22H14ClNO4S2/c23-16-11-15(8-9-17(16)28-21(26)18-7-4-10-27-18)12-19-20(25)24(22(29)30-19)13-14-5-2-1-3-6-14/h1-12H,13H2/b19-12-. The fourth-order valence-corrected chi connectivity index (χ4v) is 4.27. The van der Waals surface area contributed by atoms with Gasteiger partial charge in [0.1, 0.15) is 10.1 Å². The van der Waals surface area contributed by atoms with Gasteiger partial charge in [-0.3, -0.25) is 9.69 Å². The van der Waals surface area contributed by atoms with E-state index in [1.165, 1.54) is 24.1 Å². The summed E-state index contributed by atoms with van der Waals surface area (Å²) in [5.74, 6) is -0.515. The zero-order chi connectivity index (χ0) is 21.1. The molecule has 1 amide bonds. The molecule has 0 unspecified atom stereocenters. The van der Waals surface area contributed by atoms with E-state index in [9.17, 15) is 9.59 Å². The van der Waals surface area contributed by atoms with Crippen LogP contribution in [0.3, 0.4) is 0 Å². The highest BCUT2D eigenvalue weighted by atomic mass is 35.5. The van der Waals surface area contributed by atoms with Gasteiger partial charge in [0.15, 0.2) is 0 Å². The molecule has 0 aliphatic carbocycles. The summed E-state index contributed by atoms with van der Waals surface area (Å²) in [7, 11) is 0. The van der Waals surface area contributed by atoms with Gasteiger partial charge in [0.2, 0.25) is 5.76 Å². The zero-order valence-electron chi connectivity index (χ0n) is 15.4. The molecule has 150 valence electrons. The van der Waals surface area contributed by atoms with Crippen molar-refractivity contribution in [3.63, 3.8) is 0 Å². The first kappa shape index (κ1) is 20.4. The molecule has 1 saturated heterocycles. The third-order valence-corrected chi connectivity index (χ3v) is 5.91. The number of nitrogens with zero attached hydrogens (tertiary/aromatic N) is 1. The van der Waals surface area contributed by atoms with Crippen LogP contribution in [0.2, 0.25) is 5.02 Å². The van der Waals surface area contributed by atoms with Crippen molar-refractivity contribution in [2.24, 2.45) is 0 Å². The topological polar surface area (TPSA) is 59.8 Å². The van der Waals surface area contributed by atoms with Crippen LogP contribution in [0.25, 0.3) is 6.08 Å². The van der Waals surface area contributed by atoms with E-state index < -0.39 is 5.97 Å². The van der Waals surface area contributed by atoms with Gasteiger partial charge in [-0.1, -0.05) is 72.0 Å². The molecule has 1 aliphatic rings. The van der Waals surface area contributed by atoms with Crippen LogP contribution in [0, 0.1) is 0 Å². The van der Waals surface area contributed by atoms with E-state index in [0.29, 0.717) is 21.3 Å². The maximum Gasteiger partial charge on any atom is 0.379 e. The molecule has 1 aliphatic heterocycles. The van der Waals surface area contributed by atoms with Gasteiger partial charge in [-0.15, -0.1) is 0 Å². The van der Waals surface area contributed by atoms with Crippen LogP contribution in [0.5, 0.6) is 5.75 Å². The third kappa shape index (κ3) is 4.48. The van der Waals surface area contributed by atoms with E-state index in [0.717, 1.165) is 5.56 Å². The molecule has 1 fully saturated rings. The van der Waals surface area contributed by atoms with Crippen LogP contribution in [0.1, 0.15) is 21.7 Å². The number of ether oxygens (including phenoxy) is 1. The molecule has 8 heteroatoms. The first-order valence-corrected chi connectivity index (χ1v) is 10.5. The minimum Gasteiger partial charge on any atom is -0.457 e. The smallest absolute Gasteiger partial charge is 0.379 e. The predicted octanol–water partition coefficient (Wildman–Crippen LogP) is 5.55. The lowest BCUT2D eigenvalue weighted by molar-refractivity contribution is -0.122. The molecule has 0 N–H and O–H groups in total. The summed E-state index contributed by atoms with van der Waals surface area (Å²) >= 11 is 12.9. The van der Waals surface area contributed by atoms with Crippen molar-refractivity contribution in [3.05, 3.63) is 93.7 Å². The van der Waals surface area contributed by atoms with Gasteiger partial charge >= 0.3 is 5.97 Å². The fourth-order valence-electron chi connectivity index (χ4n) is 2.79. The number of benzene rings is 2. The van der Waals surface area contributed by atoms with Gasteiger partial charge in [-0.2, -0.15) is 0 Å². The number of thiocarbonyl (C=S) groups is 1. The molecule has 2 aromatic carbocycles. The molecule has 2 heterocycles. The Labute approximate surface area is 187 Å². The minimum absolute atomic E-state index is 0.0808. The third-order valence-electron chi connectivity index (χ3n) is 4.24. The van der Waals surface area contributed by atoms with Gasteiger partial charge in [-0.25, -0.2) is 4.79 Å². The van der Waals surface area contributed by atoms with Gasteiger partial charge in [0.05, 0.1) is 22.7 Å². The predicted molar refractivity (Wildman–Crippen MR) is 120 cm³/mol. The van der Waals surface area contributed by atoms with Crippen LogP contribution in [0.4, 0.5) is 0 Å². The summed E-state index contributed by atoms with van der Waals surface area (Å²) in [6, 6.07) is 17.7. The Hall–Kier alpha value is -2.87. The lowest BCUT2D eigenvalue weighted by atomic mass is 10.2. The maximum absolute atomic E-state index is 12.8. The van der Waals surface area contributed by atoms with Crippen molar-refractivity contribution in [3.8, 4) is 5.75 Å². The minimum atomic E-state index is -0.642. The average Bonchev–Trinajstić information content (AvgIpc) is 3.36. The van der Waals surface area contributed by atoms with Crippen molar-refractivity contribution in [1.82, 2.24) is 4.90 Å². The molecule has 4 rings (SSSR count). The Morgan fingerprint density at radius 3 is 2.67 bits per heavy atom. The summed E-state index contributed by atoms with van der Waals surface area (Å²) in [5.41, 5.74) is 1.69. The van der Waals surface area contributed by atoms with Crippen LogP contribution in [-0.4, -0.2) is 21.1 Å². The zero-order valence-corrected chi connectivity index (χ0v) is 17.8. The Kier molecular flexibility index (Phi) is 6.03. The molecule has 0 spiro atoms. The molecule has 0 bridgehead atoms. The summed E-state index contributed by atoms with van der Waals surface area (Å²) in [5, 5.41) is 0.239. The van der Waals surface area contributed by atoms with E-state index in [1.807, 2.05) is 30.3 Å². The Balaban J connectivity index is 1.49. The second kappa shape index (κ2) is 8.87. The van der Waals surface area contributed by atoms with Crippen molar-refractivity contribution in [2.75, 3.05) is 0 Å². The molecule has 1 aromatic heterocycles. The van der Waals surface area contributed by atoms with Crippen LogP contribution >= 0.6 is 35.6 Å². The molecule has 5 nitrogen and oxygen atoms in total. The van der Waals surface area contributed by atoms with E-state index in [4.69, 9.17) is 33.0 Å². The van der Waals surface area contributed by atoms with E-state index in [1.54, 1.807) is 35.2 Å². The number of hydrogen-bond donors (Lipinski definition) is 0. The SMILES string of the molecule is O=C(Oc1ccc(/C=C2\SC(=S)N(Cc3ccccc3)C2=O)cc1Cl)c1ccco1. The largest absolute Gasteiger partial charge is 0.457 e. The number of halogens is 1. The number of amides is 1. The second-order valence-corrected chi connectivity index (χ2v) is 8.39. The highest BCUT2D eigenvalue weighted by Crippen LogP contribution is 2.35. The van der Waals surface area contributed by atoms with Gasteiger partial charge in [0, 0.05) is 0 Å². The van der Waals surface area contributed by atoms with Crippen molar-refractivity contribution in [2.45, 2.75) is 6.54 Å². The van der Waals surface area contributed by atoms with Crippen molar-refractivity contribution < 1.29 is 18.7 Å². The Bertz CT molecular complexity index is 1140. The van der Waals surface area contributed by atoms with E-state index in [2.05, 4.69) is 0 Å². The summed E-state index contributed by atoms with van der Waals surface area (Å²) in [4.78, 5) is 26.9. The molecule has 0 atom stereocenters. The van der Waals surface area contributed by atoms with E-state index in [-0.39, 0.29) is 22.4 Å². The van der Waals surface area contributed by atoms with Crippen molar-refractivity contribution >= 4 is 57.9 Å². The number of rotatable bonds is 5. The molecule has 0 saturated carbocycles. The van der Waals surface area contributed by atoms with Gasteiger partial charge < -0.3 is 9.15 Å². The van der Waals surface area contributed by atoms with Crippen LogP contribution in [0.15, 0.2) is 76.2 Å². The molecular formula is C22H14ClNO4S2. The highest BCUT2D eigenvalue weighted by Gasteiger charge is 2.32. The monoisotopic (exact) mass is 455 g/mol. The normalized spacial score (nSPS) is 15.1. The quantitative estimate of drug-likeness (QED) is 0.217. The average molecular weight is 456 g/mol. The Morgan fingerprint density at radius 1 is 1.17 bits per heavy atom. The van der Waals surface area contributed by atoms with Crippen LogP contribution in [-0.2, 0) is 11.3 Å². The number of carbonyl (C=O) groups excluding carboxylic acids is 2. The number of thioether (sulfide) groups is 1. The number of furan rings is 1. The summed E-state index contributed by atoms with van der Waals surface area (Å²) in [6.45, 7) is 0.422. The number of hydrogen-bond acceptors (Lipinski definition) is 6. The first-order valence-electron chi connectivity index (χ1n) is 8.86. The summed E-state index contributed by atoms with van der Waals surface area (Å²) in [6.07, 6.45) is 3.10. The van der Waals surface area contributed by atoms with Crippen LogP contribution < -0.4 is 4.74 Å². The first-order chi connectivity index (χ1) is 14.5. The molecule has 3 aromatic rings. The maximum atomic E-state index is 12.8. The van der Waals surface area contributed by atoms with E-state index >= 15 is 0 Å². The highest BCUT2D eigenvalue weighted by molar-refractivity contribution is 8.26. The fraction of sp³-hybridized carbons (Fsp3) is 0.0455. The lowest BCUT2D eigenvalue weighted by Crippen LogP contribution is -2.27. The lowest BCUT2D eigenvalue weighted by Gasteiger charge is -2.14. The Morgan fingerprint density at radius 2 is 1.97 bits per heavy atom. The number of esters is 1. The summed E-state index contributed by atoms with van der Waals surface area (Å²) < 4.78 is 10.8. The van der Waals surface area contributed by atoms with Gasteiger partial charge in [-0.05, 0) is 41.5 Å². The second-order valence-electron chi connectivity index (χ2n) is 6.31.